The summed E-state index contributed by atoms with van der Waals surface area (Å²) >= 11 is 0. The molecule has 0 aliphatic carbocycles. The molecule has 2 aromatic carbocycles. The van der Waals surface area contributed by atoms with Crippen molar-refractivity contribution in [2.24, 2.45) is 5.92 Å². The van der Waals surface area contributed by atoms with Gasteiger partial charge < -0.3 is 20.3 Å². The summed E-state index contributed by atoms with van der Waals surface area (Å²) in [5, 5.41) is 5.83. The molecule has 0 saturated carbocycles. The maximum atomic E-state index is 14.1. The zero-order chi connectivity index (χ0) is 28.5. The molecule has 0 aromatic heterocycles. The van der Waals surface area contributed by atoms with E-state index >= 15 is 0 Å². The van der Waals surface area contributed by atoms with Crippen LogP contribution in [-0.2, 0) is 20.9 Å². The topological polar surface area (TPSA) is 87.7 Å². The van der Waals surface area contributed by atoms with Crippen LogP contribution in [0.5, 0.6) is 0 Å². The minimum Gasteiger partial charge on any atom is -0.444 e. The standard InChI is InChI=1S/C31H45N3O4/c1-9-17-34(29(36)26(18-21(2)3)33-30(37)38-31(6,7)8)27(25-16-15-22(4)19-23(25)5)28(35)32-20-24-13-11-10-12-14-24/h10-16,19,21,26-27H,9,17-18,20H2,1-8H3,(H,32,35)(H,33,37). The lowest BCUT2D eigenvalue weighted by molar-refractivity contribution is -0.143. The molecule has 2 N–H and O–H groups in total. The fraction of sp³-hybridized carbons (Fsp3) is 0.516. The first-order valence-electron chi connectivity index (χ1n) is 13.5. The maximum absolute atomic E-state index is 14.1. The summed E-state index contributed by atoms with van der Waals surface area (Å²) in [6.45, 7) is 16.0. The molecule has 7 heteroatoms. The normalized spacial score (nSPS) is 13.0. The fourth-order valence-electron chi connectivity index (χ4n) is 4.42. The highest BCUT2D eigenvalue weighted by Gasteiger charge is 2.36. The van der Waals surface area contributed by atoms with E-state index in [9.17, 15) is 14.4 Å². The largest absolute Gasteiger partial charge is 0.444 e. The van der Waals surface area contributed by atoms with E-state index in [1.165, 1.54) is 0 Å². The number of amides is 3. The van der Waals surface area contributed by atoms with Crippen LogP contribution < -0.4 is 10.6 Å². The summed E-state index contributed by atoms with van der Waals surface area (Å²) in [6, 6.07) is 13.9. The highest BCUT2D eigenvalue weighted by molar-refractivity contribution is 5.92. The van der Waals surface area contributed by atoms with Crippen molar-refractivity contribution in [1.29, 1.82) is 0 Å². The van der Waals surface area contributed by atoms with Gasteiger partial charge in [-0.1, -0.05) is 74.9 Å². The Morgan fingerprint density at radius 3 is 2.21 bits per heavy atom. The van der Waals surface area contributed by atoms with Gasteiger partial charge in [-0.2, -0.15) is 0 Å². The van der Waals surface area contributed by atoms with Gasteiger partial charge in [0.2, 0.25) is 11.8 Å². The number of benzene rings is 2. The number of hydrogen-bond donors (Lipinski definition) is 2. The summed E-state index contributed by atoms with van der Waals surface area (Å²) in [7, 11) is 0. The molecule has 2 atom stereocenters. The molecule has 3 amide bonds. The predicted octanol–water partition coefficient (Wildman–Crippen LogP) is 5.84. The average Bonchev–Trinajstić information content (AvgIpc) is 2.82. The van der Waals surface area contributed by atoms with Crippen molar-refractivity contribution >= 4 is 17.9 Å². The number of hydrogen-bond acceptors (Lipinski definition) is 4. The molecule has 0 aliphatic rings. The molecule has 0 bridgehead atoms. The third-order valence-electron chi connectivity index (χ3n) is 6.03. The molecular formula is C31H45N3O4. The van der Waals surface area contributed by atoms with Crippen molar-refractivity contribution in [2.45, 2.75) is 92.5 Å². The summed E-state index contributed by atoms with van der Waals surface area (Å²) in [5.74, 6) is -0.428. The third kappa shape index (κ3) is 9.51. The van der Waals surface area contributed by atoms with Gasteiger partial charge in [0.25, 0.3) is 0 Å². The van der Waals surface area contributed by atoms with Crippen LogP contribution in [0.25, 0.3) is 0 Å². The Kier molecular flexibility index (Phi) is 11.4. The molecule has 0 aliphatic heterocycles. The first-order chi connectivity index (χ1) is 17.8. The molecule has 2 aromatic rings. The number of alkyl carbamates (subject to hydrolysis) is 1. The lowest BCUT2D eigenvalue weighted by Crippen LogP contribution is -2.53. The first kappa shape index (κ1) is 30.9. The van der Waals surface area contributed by atoms with Crippen molar-refractivity contribution in [3.63, 3.8) is 0 Å². The summed E-state index contributed by atoms with van der Waals surface area (Å²) < 4.78 is 5.45. The van der Waals surface area contributed by atoms with Gasteiger partial charge in [0, 0.05) is 13.1 Å². The van der Waals surface area contributed by atoms with Crippen LogP contribution in [0, 0.1) is 19.8 Å². The molecule has 0 radical (unpaired) electrons. The SMILES string of the molecule is CCCN(C(=O)C(CC(C)C)NC(=O)OC(C)(C)C)C(C(=O)NCc1ccccc1)c1ccc(C)cc1C. The average molecular weight is 524 g/mol. The number of carbonyl (C=O) groups excluding carboxylic acids is 3. The summed E-state index contributed by atoms with van der Waals surface area (Å²) in [4.78, 5) is 42.2. The Bertz CT molecular complexity index is 1080. The number of ether oxygens (including phenoxy) is 1. The second kappa shape index (κ2) is 14.0. The van der Waals surface area contributed by atoms with E-state index in [0.717, 1.165) is 22.3 Å². The van der Waals surface area contributed by atoms with E-state index in [-0.39, 0.29) is 17.7 Å². The number of nitrogens with zero attached hydrogens (tertiary/aromatic N) is 1. The summed E-state index contributed by atoms with van der Waals surface area (Å²) in [6.07, 6.45) is 0.424. The van der Waals surface area contributed by atoms with E-state index in [0.29, 0.717) is 25.9 Å². The molecule has 0 spiro atoms. The number of nitrogens with one attached hydrogen (secondary N) is 2. The fourth-order valence-corrected chi connectivity index (χ4v) is 4.42. The Balaban J connectivity index is 2.47. The van der Waals surface area contributed by atoms with Crippen molar-refractivity contribution < 1.29 is 19.1 Å². The van der Waals surface area contributed by atoms with E-state index < -0.39 is 23.8 Å². The van der Waals surface area contributed by atoms with Gasteiger partial charge >= 0.3 is 6.09 Å². The van der Waals surface area contributed by atoms with Gasteiger partial charge in [0.05, 0.1) is 0 Å². The molecule has 2 unspecified atom stereocenters. The van der Waals surface area contributed by atoms with Gasteiger partial charge in [-0.15, -0.1) is 0 Å². The Morgan fingerprint density at radius 2 is 1.66 bits per heavy atom. The highest BCUT2D eigenvalue weighted by Crippen LogP contribution is 2.27. The van der Waals surface area contributed by atoms with E-state index in [1.54, 1.807) is 25.7 Å². The number of carbonyl (C=O) groups is 3. The van der Waals surface area contributed by atoms with Crippen molar-refractivity contribution in [3.8, 4) is 0 Å². The van der Waals surface area contributed by atoms with Crippen LogP contribution in [0.2, 0.25) is 0 Å². The van der Waals surface area contributed by atoms with Crippen molar-refractivity contribution in [3.05, 3.63) is 70.8 Å². The Morgan fingerprint density at radius 1 is 1.00 bits per heavy atom. The van der Waals surface area contributed by atoms with Gasteiger partial charge in [-0.3, -0.25) is 9.59 Å². The van der Waals surface area contributed by atoms with E-state index in [2.05, 4.69) is 10.6 Å². The second-order valence-electron chi connectivity index (χ2n) is 11.3. The number of aryl methyl sites for hydroxylation is 2. The smallest absolute Gasteiger partial charge is 0.408 e. The second-order valence-corrected chi connectivity index (χ2v) is 11.3. The van der Waals surface area contributed by atoms with Crippen molar-refractivity contribution in [2.75, 3.05) is 6.54 Å². The van der Waals surface area contributed by atoms with Crippen LogP contribution >= 0.6 is 0 Å². The van der Waals surface area contributed by atoms with E-state index in [1.807, 2.05) is 83.1 Å². The predicted molar refractivity (Wildman–Crippen MR) is 152 cm³/mol. The summed E-state index contributed by atoms with van der Waals surface area (Å²) in [5.41, 5.74) is 3.05. The molecule has 208 valence electrons. The van der Waals surface area contributed by atoms with Crippen LogP contribution in [0.15, 0.2) is 48.5 Å². The molecule has 38 heavy (non-hydrogen) atoms. The molecule has 2 rings (SSSR count). The van der Waals surface area contributed by atoms with Crippen LogP contribution in [0.4, 0.5) is 4.79 Å². The Hall–Kier alpha value is -3.35. The van der Waals surface area contributed by atoms with Gasteiger partial charge in [-0.05, 0) is 70.1 Å². The minimum atomic E-state index is -0.845. The van der Waals surface area contributed by atoms with Gasteiger partial charge in [-0.25, -0.2) is 4.79 Å². The zero-order valence-electron chi connectivity index (χ0n) is 24.3. The minimum absolute atomic E-state index is 0.133. The molecule has 7 nitrogen and oxygen atoms in total. The Labute approximate surface area is 228 Å². The highest BCUT2D eigenvalue weighted by atomic mass is 16.6. The monoisotopic (exact) mass is 523 g/mol. The number of rotatable bonds is 11. The first-order valence-corrected chi connectivity index (χ1v) is 13.5. The van der Waals surface area contributed by atoms with E-state index in [4.69, 9.17) is 4.74 Å². The lowest BCUT2D eigenvalue weighted by atomic mass is 9.95. The van der Waals surface area contributed by atoms with Crippen molar-refractivity contribution in [1.82, 2.24) is 15.5 Å². The third-order valence-corrected chi connectivity index (χ3v) is 6.03. The quantitative estimate of drug-likeness (QED) is 0.387. The molecule has 0 saturated heterocycles. The van der Waals surface area contributed by atoms with Crippen LogP contribution in [-0.4, -0.2) is 41.0 Å². The zero-order valence-corrected chi connectivity index (χ0v) is 24.3. The molecule has 0 heterocycles. The van der Waals surface area contributed by atoms with Gasteiger partial charge in [0.15, 0.2) is 0 Å². The lowest BCUT2D eigenvalue weighted by Gasteiger charge is -2.35. The van der Waals surface area contributed by atoms with Crippen LogP contribution in [0.3, 0.4) is 0 Å². The molecule has 0 fully saturated rings. The molecular weight excluding hydrogens is 478 g/mol. The maximum Gasteiger partial charge on any atom is 0.408 e. The van der Waals surface area contributed by atoms with Crippen LogP contribution in [0.1, 0.15) is 82.7 Å². The van der Waals surface area contributed by atoms with Gasteiger partial charge in [0.1, 0.15) is 17.7 Å².